The summed E-state index contributed by atoms with van der Waals surface area (Å²) >= 11 is 3.11. The molecule has 2 rings (SSSR count). The second-order valence-electron chi connectivity index (χ2n) is 4.19. The van der Waals surface area contributed by atoms with E-state index in [0.29, 0.717) is 9.90 Å². The minimum absolute atomic E-state index is 0.0321. The van der Waals surface area contributed by atoms with Crippen LogP contribution in [0.25, 0.3) is 0 Å². The Hall–Kier alpha value is -0.690. The average Bonchev–Trinajstić information content (AvgIpc) is 2.99. The summed E-state index contributed by atoms with van der Waals surface area (Å²) in [5, 5.41) is 17.5. The first-order chi connectivity index (χ1) is 8.06. The first-order valence-corrected chi connectivity index (χ1v) is 7.57. The molecule has 1 aliphatic rings. The van der Waals surface area contributed by atoms with Gasteiger partial charge in [0.05, 0.1) is 5.75 Å². The van der Waals surface area contributed by atoms with Crippen molar-refractivity contribution in [3.05, 3.63) is 5.82 Å². The van der Waals surface area contributed by atoms with Gasteiger partial charge in [0.2, 0.25) is 0 Å². The highest BCUT2D eigenvalue weighted by Crippen LogP contribution is 2.48. The molecule has 1 fully saturated rings. The van der Waals surface area contributed by atoms with Crippen LogP contribution in [-0.4, -0.2) is 42.6 Å². The van der Waals surface area contributed by atoms with Gasteiger partial charge in [-0.05, 0) is 26.0 Å². The van der Waals surface area contributed by atoms with E-state index in [2.05, 4.69) is 16.5 Å². The van der Waals surface area contributed by atoms with Crippen molar-refractivity contribution in [2.45, 2.75) is 36.2 Å². The third-order valence-electron chi connectivity index (χ3n) is 2.91. The van der Waals surface area contributed by atoms with Gasteiger partial charge in [0.15, 0.2) is 5.16 Å². The van der Waals surface area contributed by atoms with Gasteiger partial charge < -0.3 is 9.67 Å². The molecule has 17 heavy (non-hydrogen) atoms. The van der Waals surface area contributed by atoms with Gasteiger partial charge in [-0.15, -0.1) is 10.2 Å². The zero-order valence-corrected chi connectivity index (χ0v) is 11.5. The third kappa shape index (κ3) is 2.95. The lowest BCUT2D eigenvalue weighted by Gasteiger charge is -2.15. The summed E-state index contributed by atoms with van der Waals surface area (Å²) < 4.78 is 2.36. The number of aromatic nitrogens is 3. The van der Waals surface area contributed by atoms with Gasteiger partial charge in [-0.1, -0.05) is 11.8 Å². The summed E-state index contributed by atoms with van der Waals surface area (Å²) in [7, 11) is 0. The molecular weight excluding hydrogens is 258 g/mol. The van der Waals surface area contributed by atoms with Crippen molar-refractivity contribution in [2.24, 2.45) is 0 Å². The molecule has 1 aliphatic carbocycles. The number of aryl methyl sites for hydroxylation is 1. The molecule has 0 aliphatic heterocycles. The van der Waals surface area contributed by atoms with Crippen molar-refractivity contribution < 1.29 is 9.90 Å². The predicted molar refractivity (Wildman–Crippen MR) is 68.6 cm³/mol. The largest absolute Gasteiger partial charge is 0.481 e. The van der Waals surface area contributed by atoms with Crippen molar-refractivity contribution in [1.29, 1.82) is 0 Å². The van der Waals surface area contributed by atoms with Crippen molar-refractivity contribution in [3.63, 3.8) is 0 Å². The number of hydrogen-bond donors (Lipinski definition) is 1. The molecule has 5 nitrogen and oxygen atoms in total. The summed E-state index contributed by atoms with van der Waals surface area (Å²) in [6, 6.07) is 0. The second kappa shape index (κ2) is 4.89. The molecule has 0 atom stereocenters. The first-order valence-electron chi connectivity index (χ1n) is 5.36. The standard InChI is InChI=1S/C10H15N3O2S2/c1-7-11-12-9(17-5-8(14)15)13(7)6-10(16-2)3-4-10/h3-6H2,1-2H3,(H,14,15). The van der Waals surface area contributed by atoms with Gasteiger partial charge >= 0.3 is 5.97 Å². The van der Waals surface area contributed by atoms with E-state index in [4.69, 9.17) is 5.11 Å². The van der Waals surface area contributed by atoms with Gasteiger partial charge in [-0.25, -0.2) is 0 Å². The van der Waals surface area contributed by atoms with E-state index in [9.17, 15) is 4.79 Å². The maximum atomic E-state index is 10.6. The molecule has 0 spiro atoms. The SMILES string of the molecule is CSC1(Cn2c(C)nnc2SCC(=O)O)CC1. The topological polar surface area (TPSA) is 68.0 Å². The first kappa shape index (κ1) is 12.8. The Morgan fingerprint density at radius 1 is 1.53 bits per heavy atom. The van der Waals surface area contributed by atoms with E-state index in [1.807, 2.05) is 23.3 Å². The summed E-state index contributed by atoms with van der Waals surface area (Å²) in [5.74, 6) is 0.0659. The molecule has 1 N–H and O–H groups in total. The lowest BCUT2D eigenvalue weighted by Crippen LogP contribution is -2.16. The fraction of sp³-hybridized carbons (Fsp3) is 0.700. The Morgan fingerprint density at radius 2 is 2.24 bits per heavy atom. The van der Waals surface area contributed by atoms with E-state index in [1.165, 1.54) is 24.6 Å². The smallest absolute Gasteiger partial charge is 0.313 e. The molecule has 94 valence electrons. The number of thioether (sulfide) groups is 2. The Labute approximate surface area is 108 Å². The average molecular weight is 273 g/mol. The predicted octanol–water partition coefficient (Wildman–Crippen LogP) is 1.66. The van der Waals surface area contributed by atoms with E-state index >= 15 is 0 Å². The van der Waals surface area contributed by atoms with Crippen LogP contribution in [0.1, 0.15) is 18.7 Å². The number of carbonyl (C=O) groups is 1. The molecule has 1 heterocycles. The van der Waals surface area contributed by atoms with Crippen molar-refractivity contribution in [2.75, 3.05) is 12.0 Å². The molecule has 0 amide bonds. The summed E-state index contributed by atoms with van der Waals surface area (Å²) in [6.07, 6.45) is 4.56. The normalized spacial score (nSPS) is 17.1. The van der Waals surface area contributed by atoms with Crippen molar-refractivity contribution >= 4 is 29.5 Å². The summed E-state index contributed by atoms with van der Waals surface area (Å²) in [5.41, 5.74) is 0. The number of hydrogen-bond acceptors (Lipinski definition) is 5. The van der Waals surface area contributed by atoms with Crippen LogP contribution in [0.2, 0.25) is 0 Å². The monoisotopic (exact) mass is 273 g/mol. The minimum Gasteiger partial charge on any atom is -0.481 e. The fourth-order valence-corrected chi connectivity index (χ4v) is 3.10. The third-order valence-corrected chi connectivity index (χ3v) is 5.27. The quantitative estimate of drug-likeness (QED) is 0.795. The number of nitrogens with zero attached hydrogens (tertiary/aromatic N) is 3. The number of carboxylic acids is 1. The van der Waals surface area contributed by atoms with Crippen molar-refractivity contribution in [1.82, 2.24) is 14.8 Å². The van der Waals surface area contributed by atoms with Crippen LogP contribution in [0.5, 0.6) is 0 Å². The maximum absolute atomic E-state index is 10.6. The van der Waals surface area contributed by atoms with E-state index < -0.39 is 5.97 Å². The van der Waals surface area contributed by atoms with Crippen LogP contribution in [-0.2, 0) is 11.3 Å². The molecule has 0 radical (unpaired) electrons. The Morgan fingerprint density at radius 3 is 2.76 bits per heavy atom. The Kier molecular flexibility index (Phi) is 3.67. The Bertz CT molecular complexity index is 429. The molecule has 1 aromatic heterocycles. The molecule has 7 heteroatoms. The highest BCUT2D eigenvalue weighted by atomic mass is 32.2. The fourth-order valence-electron chi connectivity index (χ4n) is 1.63. The lowest BCUT2D eigenvalue weighted by atomic mass is 10.4. The molecular formula is C10H15N3O2S2. The number of rotatable bonds is 6. The highest BCUT2D eigenvalue weighted by Gasteiger charge is 2.43. The second-order valence-corrected chi connectivity index (χ2v) is 6.40. The Balaban J connectivity index is 2.09. The van der Waals surface area contributed by atoms with Crippen LogP contribution in [0.4, 0.5) is 0 Å². The maximum Gasteiger partial charge on any atom is 0.313 e. The minimum atomic E-state index is -0.826. The van der Waals surface area contributed by atoms with Crippen LogP contribution in [0, 0.1) is 6.92 Å². The lowest BCUT2D eigenvalue weighted by molar-refractivity contribution is -0.133. The van der Waals surface area contributed by atoms with E-state index in [1.54, 1.807) is 0 Å². The van der Waals surface area contributed by atoms with Crippen LogP contribution in [0.15, 0.2) is 5.16 Å². The summed E-state index contributed by atoms with van der Waals surface area (Å²) in [4.78, 5) is 10.6. The summed E-state index contributed by atoms with van der Waals surface area (Å²) in [6.45, 7) is 2.79. The number of carboxylic acid groups (broad SMARTS) is 1. The molecule has 1 aromatic rings. The van der Waals surface area contributed by atoms with Crippen LogP contribution >= 0.6 is 23.5 Å². The highest BCUT2D eigenvalue weighted by molar-refractivity contribution is 8.00. The molecule has 1 saturated carbocycles. The van der Waals surface area contributed by atoms with Gasteiger partial charge in [0, 0.05) is 11.3 Å². The zero-order valence-electron chi connectivity index (χ0n) is 9.84. The molecule has 0 unspecified atom stereocenters. The van der Waals surface area contributed by atoms with Gasteiger partial charge in [0.1, 0.15) is 5.82 Å². The van der Waals surface area contributed by atoms with Gasteiger partial charge in [-0.2, -0.15) is 11.8 Å². The number of aliphatic carboxylic acids is 1. The van der Waals surface area contributed by atoms with Crippen LogP contribution in [0.3, 0.4) is 0 Å². The van der Waals surface area contributed by atoms with Gasteiger partial charge in [0.25, 0.3) is 0 Å². The zero-order chi connectivity index (χ0) is 12.5. The molecule has 0 bridgehead atoms. The molecule has 0 saturated heterocycles. The van der Waals surface area contributed by atoms with Gasteiger partial charge in [-0.3, -0.25) is 4.79 Å². The molecule has 0 aromatic carbocycles. The van der Waals surface area contributed by atoms with E-state index in [0.717, 1.165) is 12.4 Å². The van der Waals surface area contributed by atoms with Crippen molar-refractivity contribution in [3.8, 4) is 0 Å². The van der Waals surface area contributed by atoms with Crippen LogP contribution < -0.4 is 0 Å². The van der Waals surface area contributed by atoms with E-state index in [-0.39, 0.29) is 5.75 Å².